The summed E-state index contributed by atoms with van der Waals surface area (Å²) in [7, 11) is 1.68. The summed E-state index contributed by atoms with van der Waals surface area (Å²) in [6.07, 6.45) is 2.79. The molecule has 0 heterocycles. The van der Waals surface area contributed by atoms with Crippen LogP contribution in [-0.4, -0.2) is 19.0 Å². The molecule has 0 fully saturated rings. The topological polar surface area (TPSA) is 47.3 Å². The van der Waals surface area contributed by atoms with Gasteiger partial charge in [-0.25, -0.2) is 0 Å². The maximum Gasteiger partial charge on any atom is 0.122 e. The van der Waals surface area contributed by atoms with Crippen molar-refractivity contribution >= 4 is 11.6 Å². The monoisotopic (exact) mass is 242 g/mol. The molecule has 0 aromatic heterocycles. The van der Waals surface area contributed by atoms with Crippen LogP contribution in [0.3, 0.4) is 0 Å². The largest absolute Gasteiger partial charge is 0.496 e. The van der Waals surface area contributed by atoms with Gasteiger partial charge in [-0.05, 0) is 30.9 Å². The average Bonchev–Trinajstić information content (AvgIpc) is 2.34. The molecule has 0 saturated carbocycles. The molecular weight excluding hydrogens is 224 g/mol. The van der Waals surface area contributed by atoms with Crippen molar-refractivity contribution in [1.82, 2.24) is 5.43 Å². The van der Waals surface area contributed by atoms with Gasteiger partial charge in [-0.3, -0.25) is 11.3 Å². The predicted molar refractivity (Wildman–Crippen MR) is 67.8 cm³/mol. The summed E-state index contributed by atoms with van der Waals surface area (Å²) in [6, 6.07) is 8.24. The van der Waals surface area contributed by atoms with Crippen molar-refractivity contribution in [3.05, 3.63) is 29.8 Å². The fourth-order valence-corrected chi connectivity index (χ4v) is 1.86. The highest BCUT2D eigenvalue weighted by atomic mass is 35.5. The van der Waals surface area contributed by atoms with Crippen molar-refractivity contribution in [2.75, 3.05) is 13.0 Å². The third-order valence-electron chi connectivity index (χ3n) is 2.58. The fourth-order valence-electron chi connectivity index (χ4n) is 1.70. The SMILES string of the molecule is COc1ccccc1CC(CCCCl)NN. The Labute approximate surface area is 102 Å². The summed E-state index contributed by atoms with van der Waals surface area (Å²) in [5.41, 5.74) is 3.99. The lowest BCUT2D eigenvalue weighted by Gasteiger charge is -2.16. The average molecular weight is 243 g/mol. The quantitative estimate of drug-likeness (QED) is 0.437. The normalized spacial score (nSPS) is 12.4. The van der Waals surface area contributed by atoms with Crippen LogP contribution in [0.1, 0.15) is 18.4 Å². The van der Waals surface area contributed by atoms with Crippen LogP contribution < -0.4 is 16.0 Å². The highest BCUT2D eigenvalue weighted by molar-refractivity contribution is 6.17. The van der Waals surface area contributed by atoms with Gasteiger partial charge in [-0.2, -0.15) is 0 Å². The van der Waals surface area contributed by atoms with Crippen molar-refractivity contribution in [1.29, 1.82) is 0 Å². The lowest BCUT2D eigenvalue weighted by atomic mass is 10.0. The van der Waals surface area contributed by atoms with E-state index in [1.807, 2.05) is 18.2 Å². The van der Waals surface area contributed by atoms with Crippen LogP contribution in [0.15, 0.2) is 24.3 Å². The first kappa shape index (κ1) is 13.3. The molecule has 0 amide bonds. The van der Waals surface area contributed by atoms with Crippen molar-refractivity contribution < 1.29 is 4.74 Å². The van der Waals surface area contributed by atoms with Gasteiger partial charge in [-0.15, -0.1) is 11.6 Å². The zero-order valence-electron chi connectivity index (χ0n) is 9.58. The Morgan fingerprint density at radius 1 is 1.44 bits per heavy atom. The van der Waals surface area contributed by atoms with E-state index in [4.69, 9.17) is 22.2 Å². The summed E-state index contributed by atoms with van der Waals surface area (Å²) in [4.78, 5) is 0. The number of benzene rings is 1. The Hall–Kier alpha value is -0.770. The molecule has 4 heteroatoms. The number of nitrogens with one attached hydrogen (secondary N) is 1. The molecule has 1 unspecified atom stereocenters. The Kier molecular flexibility index (Phi) is 6.23. The third kappa shape index (κ3) is 4.00. The minimum atomic E-state index is 0.245. The number of halogens is 1. The molecule has 1 aromatic carbocycles. The molecule has 16 heavy (non-hydrogen) atoms. The standard InChI is InChI=1S/C12H19ClN2O/c1-16-12-7-3-2-5-10(12)9-11(15-14)6-4-8-13/h2-3,5,7,11,15H,4,6,8-9,14H2,1H3. The number of alkyl halides is 1. The molecule has 0 aliphatic carbocycles. The Morgan fingerprint density at radius 3 is 2.81 bits per heavy atom. The first-order chi connectivity index (χ1) is 7.81. The molecule has 90 valence electrons. The van der Waals surface area contributed by atoms with E-state index in [-0.39, 0.29) is 6.04 Å². The number of methoxy groups -OCH3 is 1. The van der Waals surface area contributed by atoms with Crippen LogP contribution in [0.25, 0.3) is 0 Å². The summed E-state index contributed by atoms with van der Waals surface area (Å²) in [6.45, 7) is 0. The van der Waals surface area contributed by atoms with Gasteiger partial charge in [0.2, 0.25) is 0 Å². The number of rotatable bonds is 7. The van der Waals surface area contributed by atoms with Crippen LogP contribution in [0, 0.1) is 0 Å². The molecule has 0 radical (unpaired) electrons. The van der Waals surface area contributed by atoms with Crippen LogP contribution in [-0.2, 0) is 6.42 Å². The molecule has 1 rings (SSSR count). The van der Waals surface area contributed by atoms with Crippen molar-refractivity contribution in [2.45, 2.75) is 25.3 Å². The Bertz CT molecular complexity index is 307. The second-order valence-corrected chi connectivity index (χ2v) is 4.09. The van der Waals surface area contributed by atoms with Gasteiger partial charge in [-0.1, -0.05) is 18.2 Å². The minimum absolute atomic E-state index is 0.245. The van der Waals surface area contributed by atoms with E-state index in [0.717, 1.165) is 25.0 Å². The van der Waals surface area contributed by atoms with Crippen LogP contribution in [0.2, 0.25) is 0 Å². The Morgan fingerprint density at radius 2 is 2.19 bits per heavy atom. The van der Waals surface area contributed by atoms with Gasteiger partial charge in [0.1, 0.15) is 5.75 Å². The van der Waals surface area contributed by atoms with Crippen molar-refractivity contribution in [3.63, 3.8) is 0 Å². The molecular formula is C12H19ClN2O. The summed E-state index contributed by atoms with van der Waals surface area (Å²) < 4.78 is 5.30. The third-order valence-corrected chi connectivity index (χ3v) is 2.85. The summed E-state index contributed by atoms with van der Waals surface area (Å²) in [5.74, 6) is 7.10. The van der Waals surface area contributed by atoms with Crippen LogP contribution in [0.5, 0.6) is 5.75 Å². The number of nitrogens with two attached hydrogens (primary N) is 1. The molecule has 3 nitrogen and oxygen atoms in total. The van der Waals surface area contributed by atoms with Gasteiger partial charge in [0.05, 0.1) is 7.11 Å². The number of para-hydroxylation sites is 1. The van der Waals surface area contributed by atoms with Gasteiger partial charge in [0, 0.05) is 11.9 Å². The maximum atomic E-state index is 5.67. The lowest BCUT2D eigenvalue weighted by Crippen LogP contribution is -2.36. The number of ether oxygens (including phenoxy) is 1. The molecule has 0 bridgehead atoms. The van der Waals surface area contributed by atoms with E-state index < -0.39 is 0 Å². The van der Waals surface area contributed by atoms with Crippen molar-refractivity contribution in [2.24, 2.45) is 5.84 Å². The first-order valence-electron chi connectivity index (χ1n) is 5.45. The van der Waals surface area contributed by atoms with Gasteiger partial charge >= 0.3 is 0 Å². The zero-order valence-corrected chi connectivity index (χ0v) is 10.3. The van der Waals surface area contributed by atoms with Gasteiger partial charge < -0.3 is 4.74 Å². The second-order valence-electron chi connectivity index (χ2n) is 3.71. The zero-order chi connectivity index (χ0) is 11.8. The highest BCUT2D eigenvalue weighted by Gasteiger charge is 2.10. The van der Waals surface area contributed by atoms with E-state index in [2.05, 4.69) is 11.5 Å². The molecule has 0 aliphatic heterocycles. The molecule has 0 saturated heterocycles. The highest BCUT2D eigenvalue weighted by Crippen LogP contribution is 2.19. The fraction of sp³-hybridized carbons (Fsp3) is 0.500. The summed E-state index contributed by atoms with van der Waals surface area (Å²) in [5, 5.41) is 0. The molecule has 0 spiro atoms. The van der Waals surface area contributed by atoms with Crippen LogP contribution in [0.4, 0.5) is 0 Å². The second kappa shape index (κ2) is 7.49. The summed E-state index contributed by atoms with van der Waals surface area (Å²) >= 11 is 5.67. The smallest absolute Gasteiger partial charge is 0.122 e. The van der Waals surface area contributed by atoms with Crippen molar-refractivity contribution in [3.8, 4) is 5.75 Å². The maximum absolute atomic E-state index is 5.67. The van der Waals surface area contributed by atoms with Gasteiger partial charge in [0.15, 0.2) is 0 Å². The number of hydrogen-bond donors (Lipinski definition) is 2. The molecule has 1 atom stereocenters. The van der Waals surface area contributed by atoms with E-state index >= 15 is 0 Å². The molecule has 0 aliphatic rings. The Balaban J connectivity index is 2.62. The minimum Gasteiger partial charge on any atom is -0.496 e. The first-order valence-corrected chi connectivity index (χ1v) is 5.99. The molecule has 3 N–H and O–H groups in total. The number of hydrazine groups is 1. The van der Waals surface area contributed by atoms with E-state index in [1.165, 1.54) is 5.56 Å². The predicted octanol–water partition coefficient (Wildman–Crippen LogP) is 2.09. The number of hydrogen-bond acceptors (Lipinski definition) is 3. The lowest BCUT2D eigenvalue weighted by molar-refractivity contribution is 0.402. The van der Waals surface area contributed by atoms with E-state index in [9.17, 15) is 0 Å². The van der Waals surface area contributed by atoms with Crippen LogP contribution >= 0.6 is 11.6 Å². The van der Waals surface area contributed by atoms with E-state index in [0.29, 0.717) is 5.88 Å². The van der Waals surface area contributed by atoms with Gasteiger partial charge in [0.25, 0.3) is 0 Å². The van der Waals surface area contributed by atoms with E-state index in [1.54, 1.807) is 7.11 Å². The molecule has 1 aromatic rings.